The first-order valence-corrected chi connectivity index (χ1v) is 8.35. The second-order valence-electron chi connectivity index (χ2n) is 5.83. The van der Waals surface area contributed by atoms with Crippen molar-refractivity contribution >= 4 is 11.8 Å². The first-order chi connectivity index (χ1) is 8.22. The molecule has 2 fully saturated rings. The fourth-order valence-electron chi connectivity index (χ4n) is 3.78. The summed E-state index contributed by atoms with van der Waals surface area (Å²) in [6.45, 7) is 6.69. The van der Waals surface area contributed by atoms with Gasteiger partial charge in [-0.3, -0.25) is 4.90 Å². The molecule has 0 aromatic carbocycles. The lowest BCUT2D eigenvalue weighted by Crippen LogP contribution is -2.58. The first kappa shape index (κ1) is 13.7. The number of nitrogens with zero attached hydrogens (tertiary/aromatic N) is 1. The molecule has 1 heterocycles. The molecular weight excluding hydrogens is 228 g/mol. The Hall–Kier alpha value is 0.270. The van der Waals surface area contributed by atoms with Crippen molar-refractivity contribution in [2.45, 2.75) is 69.2 Å². The normalized spacial score (nSPS) is 35.6. The summed E-state index contributed by atoms with van der Waals surface area (Å²) < 4.78 is 0. The fraction of sp³-hybridized carbons (Fsp3) is 1.00. The van der Waals surface area contributed by atoms with Crippen LogP contribution in [0.1, 0.15) is 52.4 Å². The number of nitrogens with two attached hydrogens (primary N) is 1. The maximum absolute atomic E-state index is 6.16. The van der Waals surface area contributed by atoms with Crippen LogP contribution in [0, 0.1) is 0 Å². The molecule has 0 aromatic rings. The zero-order valence-electron chi connectivity index (χ0n) is 11.5. The summed E-state index contributed by atoms with van der Waals surface area (Å²) in [6, 6.07) is 0.809. The van der Waals surface area contributed by atoms with E-state index in [4.69, 9.17) is 5.73 Å². The van der Waals surface area contributed by atoms with Gasteiger partial charge in [-0.1, -0.05) is 33.1 Å². The second-order valence-corrected chi connectivity index (χ2v) is 7.26. The molecule has 1 saturated carbocycles. The zero-order chi connectivity index (χ0) is 12.3. The van der Waals surface area contributed by atoms with Crippen LogP contribution in [0.2, 0.25) is 0 Å². The molecule has 1 aliphatic carbocycles. The summed E-state index contributed by atoms with van der Waals surface area (Å²) in [5, 5.41) is 0.788. The Morgan fingerprint density at radius 2 is 2.00 bits per heavy atom. The van der Waals surface area contributed by atoms with Gasteiger partial charge in [-0.25, -0.2) is 0 Å². The van der Waals surface area contributed by atoms with Crippen molar-refractivity contribution in [3.63, 3.8) is 0 Å². The molecule has 1 aliphatic heterocycles. The van der Waals surface area contributed by atoms with Crippen molar-refractivity contribution in [3.8, 4) is 0 Å². The van der Waals surface area contributed by atoms with Crippen LogP contribution in [0.4, 0.5) is 0 Å². The lowest BCUT2D eigenvalue weighted by molar-refractivity contribution is 0.0496. The van der Waals surface area contributed by atoms with Crippen LogP contribution in [0.25, 0.3) is 0 Å². The van der Waals surface area contributed by atoms with Gasteiger partial charge in [0.15, 0.2) is 0 Å². The third-order valence-electron chi connectivity index (χ3n) is 4.65. The summed E-state index contributed by atoms with van der Waals surface area (Å²) >= 11 is 2.11. The minimum atomic E-state index is 0.306. The zero-order valence-corrected chi connectivity index (χ0v) is 12.3. The quantitative estimate of drug-likeness (QED) is 0.838. The molecule has 3 heteroatoms. The molecule has 0 spiro atoms. The molecule has 2 atom stereocenters. The van der Waals surface area contributed by atoms with Gasteiger partial charge < -0.3 is 5.73 Å². The number of hydrogen-bond acceptors (Lipinski definition) is 3. The van der Waals surface area contributed by atoms with E-state index in [1.165, 1.54) is 50.8 Å². The van der Waals surface area contributed by atoms with Crippen molar-refractivity contribution in [2.24, 2.45) is 5.73 Å². The molecule has 0 aromatic heterocycles. The highest BCUT2D eigenvalue weighted by atomic mass is 32.2. The lowest BCUT2D eigenvalue weighted by Gasteiger charge is -2.46. The molecule has 2 N–H and O–H groups in total. The molecule has 17 heavy (non-hydrogen) atoms. The van der Waals surface area contributed by atoms with Gasteiger partial charge in [-0.2, -0.15) is 11.8 Å². The predicted octanol–water partition coefficient (Wildman–Crippen LogP) is 2.86. The number of likely N-dealkylation sites (N-methyl/N-ethyl adjacent to an activating group) is 1. The average molecular weight is 256 g/mol. The standard InChI is InChI=1S/C14H28N2S/c1-3-16(13-7-5-4-6-8-13)14(10-15)9-12(2)17-11-14/h12-13H,3-11,15H2,1-2H3. The number of rotatable bonds is 4. The minimum Gasteiger partial charge on any atom is -0.329 e. The third kappa shape index (κ3) is 2.82. The van der Waals surface area contributed by atoms with E-state index in [9.17, 15) is 0 Å². The van der Waals surface area contributed by atoms with Crippen LogP contribution in [-0.2, 0) is 0 Å². The highest BCUT2D eigenvalue weighted by Crippen LogP contribution is 2.40. The lowest BCUT2D eigenvalue weighted by atomic mass is 9.87. The smallest absolute Gasteiger partial charge is 0.0435 e. The summed E-state index contributed by atoms with van der Waals surface area (Å²) in [5.74, 6) is 1.25. The number of thioether (sulfide) groups is 1. The molecule has 2 aliphatic rings. The van der Waals surface area contributed by atoms with Gasteiger partial charge in [0.05, 0.1) is 0 Å². The highest BCUT2D eigenvalue weighted by molar-refractivity contribution is 8.00. The molecule has 100 valence electrons. The van der Waals surface area contributed by atoms with Crippen molar-refractivity contribution in [3.05, 3.63) is 0 Å². The summed E-state index contributed by atoms with van der Waals surface area (Å²) in [7, 11) is 0. The van der Waals surface area contributed by atoms with Crippen LogP contribution >= 0.6 is 11.8 Å². The molecule has 2 rings (SSSR count). The molecule has 2 unspecified atom stereocenters. The van der Waals surface area contributed by atoms with E-state index in [2.05, 4.69) is 30.5 Å². The van der Waals surface area contributed by atoms with Crippen molar-refractivity contribution in [1.29, 1.82) is 0 Å². The van der Waals surface area contributed by atoms with Gasteiger partial charge in [0, 0.05) is 29.1 Å². The Balaban J connectivity index is 2.09. The first-order valence-electron chi connectivity index (χ1n) is 7.30. The Morgan fingerprint density at radius 3 is 2.47 bits per heavy atom. The molecule has 1 saturated heterocycles. The molecule has 2 nitrogen and oxygen atoms in total. The molecule has 0 amide bonds. The topological polar surface area (TPSA) is 29.3 Å². The van der Waals surface area contributed by atoms with E-state index in [-0.39, 0.29) is 0 Å². The van der Waals surface area contributed by atoms with Crippen molar-refractivity contribution < 1.29 is 0 Å². The number of hydrogen-bond donors (Lipinski definition) is 1. The van der Waals surface area contributed by atoms with Gasteiger partial charge in [0.25, 0.3) is 0 Å². The average Bonchev–Trinajstić information content (AvgIpc) is 2.74. The monoisotopic (exact) mass is 256 g/mol. The third-order valence-corrected chi connectivity index (χ3v) is 6.09. The molecule has 0 radical (unpaired) electrons. The van der Waals surface area contributed by atoms with Gasteiger partial charge in [-0.15, -0.1) is 0 Å². The van der Waals surface area contributed by atoms with Crippen LogP contribution < -0.4 is 5.73 Å². The van der Waals surface area contributed by atoms with E-state index in [1.54, 1.807) is 0 Å². The van der Waals surface area contributed by atoms with Crippen LogP contribution in [0.15, 0.2) is 0 Å². The van der Waals surface area contributed by atoms with Gasteiger partial charge >= 0.3 is 0 Å². The highest BCUT2D eigenvalue weighted by Gasteiger charge is 2.43. The Bertz CT molecular complexity index is 240. The summed E-state index contributed by atoms with van der Waals surface area (Å²) in [4.78, 5) is 2.77. The largest absolute Gasteiger partial charge is 0.329 e. The Kier molecular flexibility index (Phi) is 4.79. The fourth-order valence-corrected chi connectivity index (χ4v) is 5.21. The second kappa shape index (κ2) is 5.94. The summed E-state index contributed by atoms with van der Waals surface area (Å²) in [5.41, 5.74) is 6.47. The van der Waals surface area contributed by atoms with E-state index in [0.29, 0.717) is 5.54 Å². The summed E-state index contributed by atoms with van der Waals surface area (Å²) in [6.07, 6.45) is 8.37. The van der Waals surface area contributed by atoms with Crippen LogP contribution in [0.3, 0.4) is 0 Å². The molecular formula is C14H28N2S. The van der Waals surface area contributed by atoms with Gasteiger partial charge in [0.2, 0.25) is 0 Å². The predicted molar refractivity (Wildman–Crippen MR) is 77.6 cm³/mol. The maximum Gasteiger partial charge on any atom is 0.0435 e. The van der Waals surface area contributed by atoms with Crippen LogP contribution in [0.5, 0.6) is 0 Å². The minimum absolute atomic E-state index is 0.306. The van der Waals surface area contributed by atoms with Crippen LogP contribution in [-0.4, -0.2) is 40.6 Å². The Labute approximate surface area is 111 Å². The van der Waals surface area contributed by atoms with Crippen molar-refractivity contribution in [1.82, 2.24) is 4.90 Å². The van der Waals surface area contributed by atoms with E-state index in [1.807, 2.05) is 0 Å². The van der Waals surface area contributed by atoms with E-state index in [0.717, 1.165) is 17.8 Å². The van der Waals surface area contributed by atoms with E-state index >= 15 is 0 Å². The SMILES string of the molecule is CCN(C1CCCCC1)C1(CN)CSC(C)C1. The molecule has 0 bridgehead atoms. The van der Waals surface area contributed by atoms with Gasteiger partial charge in [0.1, 0.15) is 0 Å². The van der Waals surface area contributed by atoms with Crippen molar-refractivity contribution in [2.75, 3.05) is 18.8 Å². The maximum atomic E-state index is 6.16. The van der Waals surface area contributed by atoms with Gasteiger partial charge in [-0.05, 0) is 25.8 Å². The Morgan fingerprint density at radius 1 is 1.29 bits per heavy atom. The van der Waals surface area contributed by atoms with E-state index < -0.39 is 0 Å².